The largest absolute Gasteiger partial charge is 0.478 e. The van der Waals surface area contributed by atoms with Gasteiger partial charge in [0, 0.05) is 12.2 Å². The number of carboxylic acid groups (broad SMARTS) is 1. The molecule has 0 radical (unpaired) electrons. The maximum Gasteiger partial charge on any atom is 0.335 e. The van der Waals surface area contributed by atoms with Crippen LogP contribution < -0.4 is 10.6 Å². The molecular formula is C14H18N2O3. The number of carbonyl (C=O) groups excluding carboxylic acids is 1. The van der Waals surface area contributed by atoms with Crippen LogP contribution >= 0.6 is 0 Å². The minimum Gasteiger partial charge on any atom is -0.478 e. The Balaban J connectivity index is 2.06. The lowest BCUT2D eigenvalue weighted by Gasteiger charge is -2.22. The SMILES string of the molecule is Cc1cc(C(=O)O)ccc1NC(=O)C1CCCNC1. The number of rotatable bonds is 3. The highest BCUT2D eigenvalue weighted by Gasteiger charge is 2.21. The fourth-order valence-electron chi connectivity index (χ4n) is 2.25. The Bertz CT molecular complexity index is 493. The van der Waals surface area contributed by atoms with Gasteiger partial charge in [0.25, 0.3) is 0 Å². The Labute approximate surface area is 112 Å². The summed E-state index contributed by atoms with van der Waals surface area (Å²) in [7, 11) is 0. The summed E-state index contributed by atoms with van der Waals surface area (Å²) in [5.74, 6) is -0.969. The van der Waals surface area contributed by atoms with E-state index in [1.807, 2.05) is 0 Å². The van der Waals surface area contributed by atoms with Crippen molar-refractivity contribution in [1.82, 2.24) is 5.32 Å². The Morgan fingerprint density at radius 3 is 2.79 bits per heavy atom. The zero-order valence-electron chi connectivity index (χ0n) is 10.9. The molecule has 0 bridgehead atoms. The van der Waals surface area contributed by atoms with Gasteiger partial charge in [-0.05, 0) is 50.1 Å². The van der Waals surface area contributed by atoms with Gasteiger partial charge in [0.2, 0.25) is 5.91 Å². The molecule has 0 spiro atoms. The smallest absolute Gasteiger partial charge is 0.335 e. The number of hydrogen-bond acceptors (Lipinski definition) is 3. The summed E-state index contributed by atoms with van der Waals surface area (Å²) < 4.78 is 0. The normalized spacial score (nSPS) is 18.9. The monoisotopic (exact) mass is 262 g/mol. The first-order valence-electron chi connectivity index (χ1n) is 6.43. The average Bonchev–Trinajstić information content (AvgIpc) is 2.41. The van der Waals surface area contributed by atoms with Crippen molar-refractivity contribution in [3.63, 3.8) is 0 Å². The van der Waals surface area contributed by atoms with E-state index in [0.29, 0.717) is 12.2 Å². The Kier molecular flexibility index (Phi) is 4.16. The molecule has 5 heteroatoms. The van der Waals surface area contributed by atoms with Gasteiger partial charge in [0.05, 0.1) is 11.5 Å². The van der Waals surface area contributed by atoms with Crippen LogP contribution in [-0.4, -0.2) is 30.1 Å². The van der Waals surface area contributed by atoms with Crippen molar-refractivity contribution < 1.29 is 14.7 Å². The number of aryl methyl sites for hydroxylation is 1. The lowest BCUT2D eigenvalue weighted by Crippen LogP contribution is -2.37. The van der Waals surface area contributed by atoms with Crippen LogP contribution in [0.1, 0.15) is 28.8 Å². The van der Waals surface area contributed by atoms with Crippen molar-refractivity contribution >= 4 is 17.6 Å². The van der Waals surface area contributed by atoms with Crippen molar-refractivity contribution in [2.45, 2.75) is 19.8 Å². The van der Waals surface area contributed by atoms with E-state index >= 15 is 0 Å². The van der Waals surface area contributed by atoms with E-state index in [9.17, 15) is 9.59 Å². The lowest BCUT2D eigenvalue weighted by atomic mass is 9.98. The Morgan fingerprint density at radius 1 is 1.42 bits per heavy atom. The predicted molar refractivity (Wildman–Crippen MR) is 72.4 cm³/mol. The van der Waals surface area contributed by atoms with Crippen LogP contribution in [0.2, 0.25) is 0 Å². The Hall–Kier alpha value is -1.88. The van der Waals surface area contributed by atoms with Crippen LogP contribution in [0.15, 0.2) is 18.2 Å². The molecule has 1 aliphatic rings. The molecule has 1 aromatic rings. The first kappa shape index (κ1) is 13.5. The number of carbonyl (C=O) groups is 2. The third-order valence-electron chi connectivity index (χ3n) is 3.40. The van der Waals surface area contributed by atoms with E-state index in [2.05, 4.69) is 10.6 Å². The molecule has 1 atom stereocenters. The lowest BCUT2D eigenvalue weighted by molar-refractivity contribution is -0.120. The van der Waals surface area contributed by atoms with Crippen molar-refractivity contribution in [3.05, 3.63) is 29.3 Å². The van der Waals surface area contributed by atoms with Gasteiger partial charge in [0.15, 0.2) is 0 Å². The van der Waals surface area contributed by atoms with Crippen molar-refractivity contribution in [2.24, 2.45) is 5.92 Å². The molecule has 102 valence electrons. The molecule has 1 aromatic carbocycles. The summed E-state index contributed by atoms with van der Waals surface area (Å²) in [4.78, 5) is 22.9. The van der Waals surface area contributed by atoms with Gasteiger partial charge >= 0.3 is 5.97 Å². The second kappa shape index (κ2) is 5.84. The Morgan fingerprint density at radius 2 is 2.21 bits per heavy atom. The van der Waals surface area contributed by atoms with Crippen LogP contribution in [0, 0.1) is 12.8 Å². The molecule has 19 heavy (non-hydrogen) atoms. The fraction of sp³-hybridized carbons (Fsp3) is 0.429. The minimum atomic E-state index is -0.961. The summed E-state index contributed by atoms with van der Waals surface area (Å²) in [6.07, 6.45) is 1.90. The first-order chi connectivity index (χ1) is 9.08. The molecule has 5 nitrogen and oxygen atoms in total. The van der Waals surface area contributed by atoms with Gasteiger partial charge in [0.1, 0.15) is 0 Å². The molecule has 1 amide bonds. The first-order valence-corrected chi connectivity index (χ1v) is 6.43. The molecule has 1 unspecified atom stereocenters. The second-order valence-corrected chi connectivity index (χ2v) is 4.87. The van der Waals surface area contributed by atoms with Crippen LogP contribution in [0.3, 0.4) is 0 Å². The van der Waals surface area contributed by atoms with E-state index < -0.39 is 5.97 Å². The highest BCUT2D eigenvalue weighted by molar-refractivity contribution is 5.94. The van der Waals surface area contributed by atoms with E-state index in [-0.39, 0.29) is 17.4 Å². The van der Waals surface area contributed by atoms with Crippen molar-refractivity contribution in [3.8, 4) is 0 Å². The number of aromatic carboxylic acids is 1. The topological polar surface area (TPSA) is 78.4 Å². The number of benzene rings is 1. The van der Waals surface area contributed by atoms with Gasteiger partial charge < -0.3 is 15.7 Å². The van der Waals surface area contributed by atoms with Crippen LogP contribution in [-0.2, 0) is 4.79 Å². The molecule has 0 saturated carbocycles. The minimum absolute atomic E-state index is 0.00150. The third kappa shape index (κ3) is 3.32. The maximum absolute atomic E-state index is 12.1. The number of nitrogens with one attached hydrogen (secondary N) is 2. The van der Waals surface area contributed by atoms with Gasteiger partial charge in [-0.15, -0.1) is 0 Å². The highest BCUT2D eigenvalue weighted by Crippen LogP contribution is 2.19. The number of carboxylic acids is 1. The summed E-state index contributed by atoms with van der Waals surface area (Å²) in [6.45, 7) is 3.47. The average molecular weight is 262 g/mol. The predicted octanol–water partition coefficient (Wildman–Crippen LogP) is 1.63. The summed E-state index contributed by atoms with van der Waals surface area (Å²) >= 11 is 0. The van der Waals surface area contributed by atoms with E-state index in [4.69, 9.17) is 5.11 Å². The van der Waals surface area contributed by atoms with E-state index in [0.717, 1.165) is 24.9 Å². The highest BCUT2D eigenvalue weighted by atomic mass is 16.4. The molecule has 0 aromatic heterocycles. The van der Waals surface area contributed by atoms with Gasteiger partial charge in [-0.1, -0.05) is 0 Å². The van der Waals surface area contributed by atoms with Crippen LogP contribution in [0.25, 0.3) is 0 Å². The van der Waals surface area contributed by atoms with Crippen LogP contribution in [0.4, 0.5) is 5.69 Å². The third-order valence-corrected chi connectivity index (χ3v) is 3.40. The maximum atomic E-state index is 12.1. The summed E-state index contributed by atoms with van der Waals surface area (Å²) in [5, 5.41) is 15.0. The van der Waals surface area contributed by atoms with Crippen molar-refractivity contribution in [2.75, 3.05) is 18.4 Å². The second-order valence-electron chi connectivity index (χ2n) is 4.87. The summed E-state index contributed by atoms with van der Waals surface area (Å²) in [5.41, 5.74) is 1.67. The molecule has 1 heterocycles. The van der Waals surface area contributed by atoms with E-state index in [1.165, 1.54) is 6.07 Å². The van der Waals surface area contributed by atoms with Gasteiger partial charge in [-0.3, -0.25) is 4.79 Å². The molecule has 1 aliphatic heterocycles. The van der Waals surface area contributed by atoms with Gasteiger partial charge in [-0.2, -0.15) is 0 Å². The van der Waals surface area contributed by atoms with Crippen molar-refractivity contribution in [1.29, 1.82) is 0 Å². The summed E-state index contributed by atoms with van der Waals surface area (Å²) in [6, 6.07) is 4.72. The quantitative estimate of drug-likeness (QED) is 0.773. The number of amides is 1. The standard InChI is InChI=1S/C14H18N2O3/c1-9-7-10(14(18)19)4-5-12(9)16-13(17)11-3-2-6-15-8-11/h4-5,7,11,15H,2-3,6,8H2,1H3,(H,16,17)(H,18,19). The van der Waals surface area contributed by atoms with Gasteiger partial charge in [-0.25, -0.2) is 4.79 Å². The molecule has 3 N–H and O–H groups in total. The van der Waals surface area contributed by atoms with E-state index in [1.54, 1.807) is 19.1 Å². The van der Waals surface area contributed by atoms with Crippen LogP contribution in [0.5, 0.6) is 0 Å². The molecular weight excluding hydrogens is 244 g/mol. The molecule has 2 rings (SSSR count). The molecule has 0 aliphatic carbocycles. The fourth-order valence-corrected chi connectivity index (χ4v) is 2.25. The number of hydrogen-bond donors (Lipinski definition) is 3. The zero-order chi connectivity index (χ0) is 13.8. The zero-order valence-corrected chi connectivity index (χ0v) is 10.9. The molecule has 1 saturated heterocycles. The number of anilines is 1. The number of piperidine rings is 1. The molecule has 1 fully saturated rings.